The number of anilines is 1. The molecule has 1 amide bonds. The summed E-state index contributed by atoms with van der Waals surface area (Å²) in [5.74, 6) is -0.214. The molecule has 22 heavy (non-hydrogen) atoms. The maximum Gasteiger partial charge on any atom is 0.257 e. The number of nitrogens with one attached hydrogen (secondary N) is 1. The van der Waals surface area contributed by atoms with Gasteiger partial charge in [0.05, 0.1) is 10.6 Å². The van der Waals surface area contributed by atoms with Crippen LogP contribution in [0.15, 0.2) is 78.9 Å². The molecule has 3 aromatic rings. The average Bonchev–Trinajstić information content (AvgIpc) is 2.56. The molecule has 3 aromatic carbocycles. The van der Waals surface area contributed by atoms with Gasteiger partial charge in [-0.3, -0.25) is 4.79 Å². The summed E-state index contributed by atoms with van der Waals surface area (Å²) in [6.07, 6.45) is 0. The summed E-state index contributed by atoms with van der Waals surface area (Å²) in [6.45, 7) is 0. The van der Waals surface area contributed by atoms with E-state index >= 15 is 0 Å². The maximum absolute atomic E-state index is 12.4. The van der Waals surface area contributed by atoms with Gasteiger partial charge in [-0.25, -0.2) is 0 Å². The molecule has 0 aliphatic rings. The number of carbonyl (C=O) groups is 1. The van der Waals surface area contributed by atoms with Gasteiger partial charge in [0, 0.05) is 11.3 Å². The Morgan fingerprint density at radius 1 is 0.773 bits per heavy atom. The van der Waals surface area contributed by atoms with E-state index in [1.54, 1.807) is 24.3 Å². The number of hydrogen-bond donors (Lipinski definition) is 1. The molecule has 0 spiro atoms. The lowest BCUT2D eigenvalue weighted by Crippen LogP contribution is -2.13. The van der Waals surface area contributed by atoms with Crippen molar-refractivity contribution in [2.45, 2.75) is 0 Å². The highest BCUT2D eigenvalue weighted by Gasteiger charge is 2.12. The van der Waals surface area contributed by atoms with Crippen molar-refractivity contribution in [2.75, 3.05) is 5.32 Å². The predicted octanol–water partition coefficient (Wildman–Crippen LogP) is 5.26. The standard InChI is InChI=1S/C19H14ClNO/c20-17-12-6-4-11-16(17)19(22)21-18-13-7-5-10-15(18)14-8-2-1-3-9-14/h1-13H,(H,21,22). The molecule has 0 saturated carbocycles. The molecule has 0 unspecified atom stereocenters. The van der Waals surface area contributed by atoms with E-state index in [-0.39, 0.29) is 5.91 Å². The minimum Gasteiger partial charge on any atom is -0.321 e. The Balaban J connectivity index is 1.94. The fourth-order valence-corrected chi connectivity index (χ4v) is 2.52. The fraction of sp³-hybridized carbons (Fsp3) is 0. The van der Waals surface area contributed by atoms with Crippen LogP contribution in [0.4, 0.5) is 5.69 Å². The van der Waals surface area contributed by atoms with E-state index in [9.17, 15) is 4.79 Å². The lowest BCUT2D eigenvalue weighted by Gasteiger charge is -2.12. The molecule has 0 fully saturated rings. The summed E-state index contributed by atoms with van der Waals surface area (Å²) in [7, 11) is 0. The summed E-state index contributed by atoms with van der Waals surface area (Å²) in [6, 6.07) is 24.7. The predicted molar refractivity (Wildman–Crippen MR) is 91.3 cm³/mol. The van der Waals surface area contributed by atoms with Gasteiger partial charge in [-0.05, 0) is 23.8 Å². The Labute approximate surface area is 134 Å². The van der Waals surface area contributed by atoms with E-state index in [4.69, 9.17) is 11.6 Å². The molecule has 2 nitrogen and oxygen atoms in total. The SMILES string of the molecule is O=C(Nc1ccccc1-c1ccccc1)c1ccccc1Cl. The molecule has 0 aliphatic carbocycles. The van der Waals surface area contributed by atoms with Crippen molar-refractivity contribution in [1.29, 1.82) is 0 Å². The summed E-state index contributed by atoms with van der Waals surface area (Å²) in [4.78, 5) is 12.4. The molecule has 1 N–H and O–H groups in total. The van der Waals surface area contributed by atoms with Crippen LogP contribution in [-0.4, -0.2) is 5.91 Å². The molecule has 0 aliphatic heterocycles. The molecule has 0 aromatic heterocycles. The van der Waals surface area contributed by atoms with E-state index in [0.717, 1.165) is 16.8 Å². The van der Waals surface area contributed by atoms with E-state index in [1.165, 1.54) is 0 Å². The van der Waals surface area contributed by atoms with Gasteiger partial charge in [0.25, 0.3) is 5.91 Å². The van der Waals surface area contributed by atoms with Crippen LogP contribution in [-0.2, 0) is 0 Å². The molecule has 0 atom stereocenters. The number of carbonyl (C=O) groups excluding carboxylic acids is 1. The van der Waals surface area contributed by atoms with Gasteiger partial charge in [-0.2, -0.15) is 0 Å². The highest BCUT2D eigenvalue weighted by atomic mass is 35.5. The van der Waals surface area contributed by atoms with E-state index in [2.05, 4.69) is 5.32 Å². The Morgan fingerprint density at radius 3 is 2.18 bits per heavy atom. The molecular formula is C19H14ClNO. The van der Waals surface area contributed by atoms with Crippen molar-refractivity contribution in [3.63, 3.8) is 0 Å². The molecule has 0 saturated heterocycles. The summed E-state index contributed by atoms with van der Waals surface area (Å²) >= 11 is 6.08. The van der Waals surface area contributed by atoms with Gasteiger partial charge in [0.2, 0.25) is 0 Å². The molecule has 3 rings (SSSR count). The third kappa shape index (κ3) is 3.02. The van der Waals surface area contributed by atoms with E-state index < -0.39 is 0 Å². The van der Waals surface area contributed by atoms with Crippen LogP contribution < -0.4 is 5.32 Å². The first-order chi connectivity index (χ1) is 10.8. The van der Waals surface area contributed by atoms with Crippen molar-refractivity contribution in [3.05, 3.63) is 89.4 Å². The quantitative estimate of drug-likeness (QED) is 0.702. The largest absolute Gasteiger partial charge is 0.321 e. The monoisotopic (exact) mass is 307 g/mol. The molecule has 108 valence electrons. The summed E-state index contributed by atoms with van der Waals surface area (Å²) < 4.78 is 0. The van der Waals surface area contributed by atoms with Crippen LogP contribution in [0.1, 0.15) is 10.4 Å². The van der Waals surface area contributed by atoms with Crippen molar-refractivity contribution in [1.82, 2.24) is 0 Å². The third-order valence-electron chi connectivity index (χ3n) is 3.38. The Morgan fingerprint density at radius 2 is 1.41 bits per heavy atom. The number of rotatable bonds is 3. The molecule has 0 bridgehead atoms. The molecular weight excluding hydrogens is 294 g/mol. The second-order valence-electron chi connectivity index (χ2n) is 4.85. The van der Waals surface area contributed by atoms with Crippen molar-refractivity contribution >= 4 is 23.2 Å². The number of para-hydroxylation sites is 1. The van der Waals surface area contributed by atoms with E-state index in [1.807, 2.05) is 54.6 Å². The fourth-order valence-electron chi connectivity index (χ4n) is 2.30. The van der Waals surface area contributed by atoms with Gasteiger partial charge < -0.3 is 5.32 Å². The van der Waals surface area contributed by atoms with Crippen LogP contribution in [0, 0.1) is 0 Å². The van der Waals surface area contributed by atoms with Gasteiger partial charge in [-0.1, -0.05) is 72.3 Å². The second kappa shape index (κ2) is 6.46. The van der Waals surface area contributed by atoms with Crippen molar-refractivity contribution in [2.24, 2.45) is 0 Å². The number of halogens is 1. The Kier molecular flexibility index (Phi) is 4.22. The molecule has 3 heteroatoms. The number of benzene rings is 3. The maximum atomic E-state index is 12.4. The van der Waals surface area contributed by atoms with Crippen LogP contribution >= 0.6 is 11.6 Å². The molecule has 0 radical (unpaired) electrons. The van der Waals surface area contributed by atoms with Gasteiger partial charge in [-0.15, -0.1) is 0 Å². The van der Waals surface area contributed by atoms with E-state index in [0.29, 0.717) is 10.6 Å². The Hall–Kier alpha value is -2.58. The second-order valence-corrected chi connectivity index (χ2v) is 5.25. The minimum absolute atomic E-state index is 0.214. The first-order valence-corrected chi connectivity index (χ1v) is 7.34. The minimum atomic E-state index is -0.214. The highest BCUT2D eigenvalue weighted by Crippen LogP contribution is 2.28. The van der Waals surface area contributed by atoms with Gasteiger partial charge in [0.15, 0.2) is 0 Å². The van der Waals surface area contributed by atoms with Gasteiger partial charge >= 0.3 is 0 Å². The summed E-state index contributed by atoms with van der Waals surface area (Å²) in [5, 5.41) is 3.38. The van der Waals surface area contributed by atoms with Crippen molar-refractivity contribution < 1.29 is 4.79 Å². The smallest absolute Gasteiger partial charge is 0.257 e. The highest BCUT2D eigenvalue weighted by molar-refractivity contribution is 6.34. The third-order valence-corrected chi connectivity index (χ3v) is 3.71. The lowest BCUT2D eigenvalue weighted by atomic mass is 10.0. The lowest BCUT2D eigenvalue weighted by molar-refractivity contribution is 0.102. The van der Waals surface area contributed by atoms with Crippen LogP contribution in [0.2, 0.25) is 5.02 Å². The topological polar surface area (TPSA) is 29.1 Å². The van der Waals surface area contributed by atoms with Crippen LogP contribution in [0.25, 0.3) is 11.1 Å². The normalized spacial score (nSPS) is 10.2. The van der Waals surface area contributed by atoms with Crippen molar-refractivity contribution in [3.8, 4) is 11.1 Å². The zero-order chi connectivity index (χ0) is 15.4. The average molecular weight is 308 g/mol. The number of hydrogen-bond acceptors (Lipinski definition) is 1. The van der Waals surface area contributed by atoms with Crippen LogP contribution in [0.5, 0.6) is 0 Å². The summed E-state index contributed by atoms with van der Waals surface area (Å²) in [5.41, 5.74) is 3.26. The zero-order valence-electron chi connectivity index (χ0n) is 11.8. The number of amides is 1. The first kappa shape index (κ1) is 14.4. The van der Waals surface area contributed by atoms with Crippen LogP contribution in [0.3, 0.4) is 0 Å². The first-order valence-electron chi connectivity index (χ1n) is 6.96. The Bertz CT molecular complexity index is 799. The zero-order valence-corrected chi connectivity index (χ0v) is 12.5. The van der Waals surface area contributed by atoms with Gasteiger partial charge in [0.1, 0.15) is 0 Å². The molecule has 0 heterocycles.